The highest BCUT2D eigenvalue weighted by molar-refractivity contribution is 5.98. The van der Waals surface area contributed by atoms with Gasteiger partial charge in [0.2, 0.25) is 0 Å². The van der Waals surface area contributed by atoms with Gasteiger partial charge in [-0.2, -0.15) is 0 Å². The quantitative estimate of drug-likeness (QED) is 0.336. The van der Waals surface area contributed by atoms with Gasteiger partial charge in [0.1, 0.15) is 0 Å². The fourth-order valence-corrected chi connectivity index (χ4v) is 2.45. The van der Waals surface area contributed by atoms with E-state index in [0.29, 0.717) is 0 Å². The average Bonchev–Trinajstić information content (AvgIpc) is 2.36. The van der Waals surface area contributed by atoms with Gasteiger partial charge in [0.15, 0.2) is 0 Å². The Kier molecular flexibility index (Phi) is 11.2. The predicted octanol–water partition coefficient (Wildman–Crippen LogP) is 5.18. The van der Waals surface area contributed by atoms with Gasteiger partial charge in [-0.05, 0) is 19.3 Å². The first-order valence-electron chi connectivity index (χ1n) is 7.62. The summed E-state index contributed by atoms with van der Waals surface area (Å²) < 4.78 is 5.43. The molecule has 0 aliphatic carbocycles. The molecule has 0 spiro atoms. The van der Waals surface area contributed by atoms with Crippen molar-refractivity contribution in [3.05, 3.63) is 0 Å². The zero-order valence-electron chi connectivity index (χ0n) is 12.3. The van der Waals surface area contributed by atoms with Crippen LogP contribution in [0.15, 0.2) is 0 Å². The van der Waals surface area contributed by atoms with Crippen molar-refractivity contribution >= 4 is 8.05 Å². The van der Waals surface area contributed by atoms with Crippen molar-refractivity contribution < 1.29 is 4.65 Å². The third-order valence-corrected chi connectivity index (χ3v) is 3.71. The maximum Gasteiger partial charge on any atom is 0.283 e. The minimum atomic E-state index is -0.0274. The molecule has 0 aromatic rings. The van der Waals surface area contributed by atoms with Crippen LogP contribution in [0.25, 0.3) is 0 Å². The van der Waals surface area contributed by atoms with E-state index in [4.69, 9.17) is 12.7 Å². The van der Waals surface area contributed by atoms with E-state index in [1.807, 2.05) is 0 Å². The molecule has 0 atom stereocenters. The van der Waals surface area contributed by atoms with Gasteiger partial charge in [0.25, 0.3) is 8.05 Å². The van der Waals surface area contributed by atoms with Crippen molar-refractivity contribution in [1.29, 1.82) is 0 Å². The molecule has 0 bridgehead atoms. The van der Waals surface area contributed by atoms with Gasteiger partial charge in [-0.25, -0.2) is 0 Å². The molecule has 0 heterocycles. The van der Waals surface area contributed by atoms with Crippen molar-refractivity contribution in [1.82, 2.24) is 0 Å². The molecule has 17 heavy (non-hydrogen) atoms. The van der Waals surface area contributed by atoms with Gasteiger partial charge in [0.05, 0.1) is 0 Å². The second-order valence-electron chi connectivity index (χ2n) is 5.32. The molecule has 0 saturated heterocycles. The molecule has 0 amide bonds. The summed E-state index contributed by atoms with van der Waals surface area (Å²) in [5.41, 5.74) is -0.0274. The Morgan fingerprint density at radius 2 is 1.12 bits per heavy atom. The summed E-state index contributed by atoms with van der Waals surface area (Å²) in [7, 11) is 5.61. The molecule has 2 radical (unpaired) electrons. The van der Waals surface area contributed by atoms with E-state index < -0.39 is 0 Å². The van der Waals surface area contributed by atoms with Crippen molar-refractivity contribution in [3.8, 4) is 0 Å². The number of hydrogen-bond acceptors (Lipinski definition) is 1. The van der Waals surface area contributed by atoms with E-state index in [9.17, 15) is 0 Å². The van der Waals surface area contributed by atoms with Crippen LogP contribution in [0.2, 0.25) is 0 Å². The summed E-state index contributed by atoms with van der Waals surface area (Å²) in [4.78, 5) is 0. The lowest BCUT2D eigenvalue weighted by Gasteiger charge is -2.34. The van der Waals surface area contributed by atoms with Gasteiger partial charge in [-0.1, -0.05) is 72.1 Å². The molecule has 0 rings (SSSR count). The highest BCUT2D eigenvalue weighted by atomic mass is 16.4. The second-order valence-corrected chi connectivity index (χ2v) is 5.32. The van der Waals surface area contributed by atoms with Crippen LogP contribution in [0.4, 0.5) is 0 Å². The van der Waals surface area contributed by atoms with E-state index in [-0.39, 0.29) is 5.60 Å². The van der Waals surface area contributed by atoms with E-state index in [2.05, 4.69) is 20.8 Å². The van der Waals surface area contributed by atoms with Gasteiger partial charge in [0, 0.05) is 5.60 Å². The lowest BCUT2D eigenvalue weighted by molar-refractivity contribution is 0.0431. The summed E-state index contributed by atoms with van der Waals surface area (Å²) in [6, 6.07) is 0. The van der Waals surface area contributed by atoms with Crippen molar-refractivity contribution in [2.75, 3.05) is 0 Å². The third-order valence-electron chi connectivity index (χ3n) is 3.71. The van der Waals surface area contributed by atoms with Gasteiger partial charge in [-0.15, -0.1) is 0 Å². The number of hydrogen-bond donors (Lipinski definition) is 0. The predicted molar refractivity (Wildman–Crippen MR) is 77.4 cm³/mol. The Morgan fingerprint density at radius 1 is 0.706 bits per heavy atom. The summed E-state index contributed by atoms with van der Waals surface area (Å²) in [5.74, 6) is 0. The zero-order chi connectivity index (χ0) is 13.0. The largest absolute Gasteiger partial charge is 0.442 e. The molecule has 0 aromatic carbocycles. The van der Waals surface area contributed by atoms with Crippen LogP contribution in [0.3, 0.4) is 0 Å². The maximum absolute atomic E-state index is 5.61. The molecule has 0 fully saturated rings. The Hall–Kier alpha value is 0.0249. The molecular formula is C15H31BO. The van der Waals surface area contributed by atoms with Crippen LogP contribution in [0.5, 0.6) is 0 Å². The topological polar surface area (TPSA) is 9.23 Å². The summed E-state index contributed by atoms with van der Waals surface area (Å²) >= 11 is 0. The Labute approximate surface area is 110 Å². The van der Waals surface area contributed by atoms with Gasteiger partial charge >= 0.3 is 0 Å². The van der Waals surface area contributed by atoms with Crippen LogP contribution in [-0.2, 0) is 4.65 Å². The first-order chi connectivity index (χ1) is 8.24. The fourth-order valence-electron chi connectivity index (χ4n) is 2.45. The maximum atomic E-state index is 5.61. The lowest BCUT2D eigenvalue weighted by atomic mass is 9.85. The molecule has 0 aliphatic heterocycles. The number of unbranched alkanes of at least 4 members (excludes halogenated alkanes) is 5. The lowest BCUT2D eigenvalue weighted by Crippen LogP contribution is -2.32. The minimum absolute atomic E-state index is 0.0274. The van der Waals surface area contributed by atoms with Crippen molar-refractivity contribution in [2.45, 2.75) is 97.0 Å². The molecule has 0 saturated carbocycles. The standard InChI is InChI=1S/C15H31BO/c1-4-7-10-13-15(17-16,12-9-6-3)14-11-8-5-2/h4-14H2,1-3H3. The normalized spacial score (nSPS) is 11.9. The highest BCUT2D eigenvalue weighted by Gasteiger charge is 2.26. The van der Waals surface area contributed by atoms with Crippen molar-refractivity contribution in [3.63, 3.8) is 0 Å². The minimum Gasteiger partial charge on any atom is -0.442 e. The van der Waals surface area contributed by atoms with E-state index in [0.717, 1.165) is 19.3 Å². The van der Waals surface area contributed by atoms with Crippen molar-refractivity contribution in [2.24, 2.45) is 0 Å². The van der Waals surface area contributed by atoms with Crippen LogP contribution in [-0.4, -0.2) is 13.7 Å². The zero-order valence-corrected chi connectivity index (χ0v) is 12.3. The highest BCUT2D eigenvalue weighted by Crippen LogP contribution is 2.31. The SMILES string of the molecule is [B]OC(CCCC)(CCCCC)CCCCC. The van der Waals surface area contributed by atoms with Gasteiger partial charge < -0.3 is 4.65 Å². The Bertz CT molecular complexity index is 149. The fraction of sp³-hybridized carbons (Fsp3) is 1.00. The second kappa shape index (κ2) is 11.1. The molecule has 0 unspecified atom stereocenters. The van der Waals surface area contributed by atoms with Crippen LogP contribution in [0, 0.1) is 0 Å². The Balaban J connectivity index is 4.17. The monoisotopic (exact) mass is 238 g/mol. The third kappa shape index (κ3) is 7.86. The first-order valence-corrected chi connectivity index (χ1v) is 7.62. The van der Waals surface area contributed by atoms with Crippen LogP contribution < -0.4 is 0 Å². The Morgan fingerprint density at radius 3 is 1.47 bits per heavy atom. The molecular weight excluding hydrogens is 207 g/mol. The molecule has 1 nitrogen and oxygen atoms in total. The number of rotatable bonds is 12. The van der Waals surface area contributed by atoms with Crippen LogP contribution >= 0.6 is 0 Å². The molecule has 0 N–H and O–H groups in total. The van der Waals surface area contributed by atoms with Gasteiger partial charge in [-0.3, -0.25) is 0 Å². The van der Waals surface area contributed by atoms with E-state index in [1.54, 1.807) is 0 Å². The summed E-state index contributed by atoms with van der Waals surface area (Å²) in [6.45, 7) is 6.72. The van der Waals surface area contributed by atoms with E-state index >= 15 is 0 Å². The molecule has 2 heteroatoms. The molecule has 0 aliphatic rings. The summed E-state index contributed by atoms with van der Waals surface area (Å²) in [6.07, 6.45) is 13.5. The molecule has 0 aromatic heterocycles. The first kappa shape index (κ1) is 17.0. The van der Waals surface area contributed by atoms with Crippen LogP contribution in [0.1, 0.15) is 91.4 Å². The molecule has 100 valence electrons. The summed E-state index contributed by atoms with van der Waals surface area (Å²) in [5, 5.41) is 0. The smallest absolute Gasteiger partial charge is 0.283 e. The average molecular weight is 238 g/mol. The van der Waals surface area contributed by atoms with E-state index in [1.165, 1.54) is 51.4 Å².